The number of nitrogens with two attached hydrogens (primary N) is 1. The first-order chi connectivity index (χ1) is 7.64. The van der Waals surface area contributed by atoms with Gasteiger partial charge in [0, 0.05) is 20.2 Å². The van der Waals surface area contributed by atoms with Gasteiger partial charge in [-0.3, -0.25) is 4.79 Å². The number of nitrogens with zero attached hydrogens (tertiary/aromatic N) is 1. The summed E-state index contributed by atoms with van der Waals surface area (Å²) in [6, 6.07) is 0.902. The second kappa shape index (κ2) is 4.38. The Morgan fingerprint density at radius 1 is 1.24 bits per heavy atom. The van der Waals surface area contributed by atoms with E-state index in [1.165, 1.54) is 14.1 Å². The second-order valence-electron chi connectivity index (χ2n) is 3.51. The molecule has 2 N–H and O–H groups in total. The molecule has 1 aromatic rings. The Morgan fingerprint density at radius 3 is 2.18 bits per heavy atom. The SMILES string of the molecule is CN(C)C(=O)c1cc(S(N)(=O)=O)c(F)cc1F. The molecule has 0 spiro atoms. The molecule has 0 aromatic heterocycles. The maximum Gasteiger partial charge on any atom is 0.256 e. The number of hydrogen-bond acceptors (Lipinski definition) is 3. The smallest absolute Gasteiger partial charge is 0.256 e. The summed E-state index contributed by atoms with van der Waals surface area (Å²) in [5.41, 5.74) is -0.555. The van der Waals surface area contributed by atoms with Crippen molar-refractivity contribution in [2.24, 2.45) is 5.14 Å². The van der Waals surface area contributed by atoms with Crippen molar-refractivity contribution in [1.29, 1.82) is 0 Å². The molecule has 5 nitrogen and oxygen atoms in total. The zero-order chi connectivity index (χ0) is 13.4. The summed E-state index contributed by atoms with van der Waals surface area (Å²) < 4.78 is 48.5. The van der Waals surface area contributed by atoms with Crippen molar-refractivity contribution < 1.29 is 22.0 Å². The number of sulfonamides is 1. The Hall–Kier alpha value is -1.54. The second-order valence-corrected chi connectivity index (χ2v) is 5.04. The molecule has 1 rings (SSSR count). The van der Waals surface area contributed by atoms with Gasteiger partial charge in [-0.1, -0.05) is 0 Å². The Bertz CT molecular complexity index is 570. The minimum absolute atomic E-state index is 0.316. The summed E-state index contributed by atoms with van der Waals surface area (Å²) >= 11 is 0. The van der Waals surface area contributed by atoms with Crippen LogP contribution in [-0.2, 0) is 10.0 Å². The van der Waals surface area contributed by atoms with Crippen LogP contribution in [0.1, 0.15) is 10.4 Å². The normalized spacial score (nSPS) is 11.4. The van der Waals surface area contributed by atoms with Gasteiger partial charge in [0.25, 0.3) is 5.91 Å². The van der Waals surface area contributed by atoms with E-state index in [2.05, 4.69) is 0 Å². The molecule has 0 aliphatic rings. The van der Waals surface area contributed by atoms with E-state index in [1.54, 1.807) is 0 Å². The molecule has 1 aromatic carbocycles. The van der Waals surface area contributed by atoms with E-state index in [-0.39, 0.29) is 0 Å². The standard InChI is InChI=1S/C9H10F2N2O3S/c1-13(2)9(14)5-3-8(17(12,15)16)7(11)4-6(5)10/h3-4H,1-2H3,(H2,12,15,16). The lowest BCUT2D eigenvalue weighted by molar-refractivity contribution is 0.0822. The number of carbonyl (C=O) groups is 1. The Morgan fingerprint density at radius 2 is 1.76 bits per heavy atom. The highest BCUT2D eigenvalue weighted by atomic mass is 32.2. The fraction of sp³-hybridized carbons (Fsp3) is 0.222. The molecule has 0 aliphatic heterocycles. The third-order valence-corrected chi connectivity index (χ3v) is 2.89. The largest absolute Gasteiger partial charge is 0.345 e. The van der Waals surface area contributed by atoms with Gasteiger partial charge in [-0.25, -0.2) is 22.3 Å². The third kappa shape index (κ3) is 2.77. The van der Waals surface area contributed by atoms with Gasteiger partial charge in [0.2, 0.25) is 10.0 Å². The minimum atomic E-state index is -4.34. The molecule has 0 radical (unpaired) electrons. The van der Waals surface area contributed by atoms with Crippen molar-refractivity contribution in [3.8, 4) is 0 Å². The third-order valence-electron chi connectivity index (χ3n) is 1.96. The van der Waals surface area contributed by atoms with E-state index < -0.39 is 38.0 Å². The molecule has 0 atom stereocenters. The summed E-state index contributed by atoms with van der Waals surface area (Å²) in [6.07, 6.45) is 0. The zero-order valence-electron chi connectivity index (χ0n) is 9.07. The van der Waals surface area contributed by atoms with E-state index in [0.29, 0.717) is 12.1 Å². The number of rotatable bonds is 2. The fourth-order valence-corrected chi connectivity index (χ4v) is 1.76. The minimum Gasteiger partial charge on any atom is -0.345 e. The first-order valence-corrected chi connectivity index (χ1v) is 5.92. The van der Waals surface area contributed by atoms with Crippen LogP contribution in [0.25, 0.3) is 0 Å². The fourth-order valence-electron chi connectivity index (χ4n) is 1.15. The van der Waals surface area contributed by atoms with Gasteiger partial charge in [-0.15, -0.1) is 0 Å². The summed E-state index contributed by atoms with van der Waals surface area (Å²) in [5.74, 6) is -3.26. The predicted molar refractivity (Wildman–Crippen MR) is 55.7 cm³/mol. The number of halogens is 2. The Labute approximate surface area is 96.9 Å². The van der Waals surface area contributed by atoms with Crippen LogP contribution in [0.15, 0.2) is 17.0 Å². The molecule has 8 heteroatoms. The van der Waals surface area contributed by atoms with Crippen LogP contribution in [0.2, 0.25) is 0 Å². The molecule has 0 fully saturated rings. The molecule has 0 unspecified atom stereocenters. The first kappa shape index (κ1) is 13.5. The molecule has 1 amide bonds. The van der Waals surface area contributed by atoms with Crippen molar-refractivity contribution in [2.45, 2.75) is 4.90 Å². The van der Waals surface area contributed by atoms with Crippen LogP contribution in [-0.4, -0.2) is 33.3 Å². The van der Waals surface area contributed by atoms with Gasteiger partial charge >= 0.3 is 0 Å². The van der Waals surface area contributed by atoms with Crippen molar-refractivity contribution in [2.75, 3.05) is 14.1 Å². The number of primary sulfonamides is 1. The number of carbonyl (C=O) groups excluding carboxylic acids is 1. The van der Waals surface area contributed by atoms with Crippen molar-refractivity contribution in [3.05, 3.63) is 29.3 Å². The van der Waals surface area contributed by atoms with Crippen LogP contribution < -0.4 is 5.14 Å². The molecule has 0 bridgehead atoms. The summed E-state index contributed by atoms with van der Waals surface area (Å²) in [6.45, 7) is 0. The highest BCUT2D eigenvalue weighted by molar-refractivity contribution is 7.89. The van der Waals surface area contributed by atoms with E-state index in [0.717, 1.165) is 4.90 Å². The highest BCUT2D eigenvalue weighted by Gasteiger charge is 2.22. The molecular weight excluding hydrogens is 254 g/mol. The van der Waals surface area contributed by atoms with Crippen LogP contribution >= 0.6 is 0 Å². The molecule has 17 heavy (non-hydrogen) atoms. The van der Waals surface area contributed by atoms with E-state index in [1.807, 2.05) is 0 Å². The van der Waals surface area contributed by atoms with Crippen molar-refractivity contribution in [1.82, 2.24) is 4.90 Å². The van der Waals surface area contributed by atoms with Crippen LogP contribution in [0, 0.1) is 11.6 Å². The average molecular weight is 264 g/mol. The van der Waals surface area contributed by atoms with Gasteiger partial charge in [0.05, 0.1) is 5.56 Å². The quantitative estimate of drug-likeness (QED) is 0.835. The molecule has 94 valence electrons. The maximum atomic E-state index is 13.3. The van der Waals surface area contributed by atoms with Crippen molar-refractivity contribution in [3.63, 3.8) is 0 Å². The van der Waals surface area contributed by atoms with E-state index in [4.69, 9.17) is 5.14 Å². The topological polar surface area (TPSA) is 80.5 Å². The number of amides is 1. The average Bonchev–Trinajstić information content (AvgIpc) is 2.14. The number of benzene rings is 1. The van der Waals surface area contributed by atoms with Crippen LogP contribution in [0.4, 0.5) is 8.78 Å². The van der Waals surface area contributed by atoms with E-state index in [9.17, 15) is 22.0 Å². The summed E-state index contributed by atoms with van der Waals surface area (Å²) in [5, 5.41) is 4.74. The maximum absolute atomic E-state index is 13.3. The molecule has 0 aliphatic carbocycles. The zero-order valence-corrected chi connectivity index (χ0v) is 9.88. The van der Waals surface area contributed by atoms with Crippen molar-refractivity contribution >= 4 is 15.9 Å². The molecule has 0 saturated carbocycles. The van der Waals surface area contributed by atoms with Gasteiger partial charge in [0.15, 0.2) is 0 Å². The number of hydrogen-bond donors (Lipinski definition) is 1. The summed E-state index contributed by atoms with van der Waals surface area (Å²) in [7, 11) is -1.65. The van der Waals surface area contributed by atoms with Gasteiger partial charge in [-0.2, -0.15) is 0 Å². The Balaban J connectivity index is 3.50. The van der Waals surface area contributed by atoms with Crippen LogP contribution in [0.5, 0.6) is 0 Å². The molecular formula is C9H10F2N2O3S. The lowest BCUT2D eigenvalue weighted by Crippen LogP contribution is -2.24. The first-order valence-electron chi connectivity index (χ1n) is 4.38. The lowest BCUT2D eigenvalue weighted by atomic mass is 10.2. The molecule has 0 saturated heterocycles. The van der Waals surface area contributed by atoms with Gasteiger partial charge in [-0.05, 0) is 6.07 Å². The van der Waals surface area contributed by atoms with E-state index >= 15 is 0 Å². The predicted octanol–water partition coefficient (Wildman–Crippen LogP) is 0.314. The molecule has 0 heterocycles. The highest BCUT2D eigenvalue weighted by Crippen LogP contribution is 2.19. The lowest BCUT2D eigenvalue weighted by Gasteiger charge is -2.12. The van der Waals surface area contributed by atoms with Gasteiger partial charge in [0.1, 0.15) is 16.5 Å². The Kier molecular flexibility index (Phi) is 3.48. The monoisotopic (exact) mass is 264 g/mol. The summed E-state index contributed by atoms with van der Waals surface area (Å²) in [4.78, 5) is 11.6. The van der Waals surface area contributed by atoms with Gasteiger partial charge < -0.3 is 4.90 Å². The van der Waals surface area contributed by atoms with Crippen LogP contribution in [0.3, 0.4) is 0 Å².